The Bertz CT molecular complexity index is 402. The third kappa shape index (κ3) is 2.32. The summed E-state index contributed by atoms with van der Waals surface area (Å²) in [6.07, 6.45) is 3.69. The van der Waals surface area contributed by atoms with Gasteiger partial charge in [-0.3, -0.25) is 0 Å². The van der Waals surface area contributed by atoms with Crippen LogP contribution in [0, 0.1) is 6.92 Å². The second kappa shape index (κ2) is 4.69. The van der Waals surface area contributed by atoms with Crippen molar-refractivity contribution in [3.05, 3.63) is 29.3 Å². The van der Waals surface area contributed by atoms with E-state index in [1.807, 2.05) is 0 Å². The van der Waals surface area contributed by atoms with E-state index < -0.39 is 0 Å². The van der Waals surface area contributed by atoms with E-state index >= 15 is 0 Å². The van der Waals surface area contributed by atoms with Crippen molar-refractivity contribution in [1.29, 1.82) is 0 Å². The van der Waals surface area contributed by atoms with E-state index in [9.17, 15) is 0 Å². The van der Waals surface area contributed by atoms with Gasteiger partial charge < -0.3 is 10.1 Å². The van der Waals surface area contributed by atoms with E-state index in [-0.39, 0.29) is 5.41 Å². The molecule has 1 aromatic rings. The summed E-state index contributed by atoms with van der Waals surface area (Å²) in [6, 6.07) is 7.15. The normalized spacial score (nSPS) is 28.4. The van der Waals surface area contributed by atoms with Crippen molar-refractivity contribution in [3.8, 4) is 5.75 Å². The van der Waals surface area contributed by atoms with E-state index in [4.69, 9.17) is 4.74 Å². The molecule has 1 aliphatic carbocycles. The molecule has 94 valence electrons. The number of benzene rings is 1. The molecule has 2 atom stereocenters. The molecule has 2 rings (SSSR count). The molecular formula is C15H23NO. The molecule has 1 N–H and O–H groups in total. The third-order valence-electron chi connectivity index (χ3n) is 4.15. The van der Waals surface area contributed by atoms with Gasteiger partial charge in [-0.25, -0.2) is 0 Å². The Morgan fingerprint density at radius 3 is 2.76 bits per heavy atom. The second-order valence-corrected chi connectivity index (χ2v) is 5.49. The highest BCUT2D eigenvalue weighted by Crippen LogP contribution is 2.44. The zero-order valence-corrected chi connectivity index (χ0v) is 11.3. The molecule has 1 aromatic carbocycles. The molecule has 1 aliphatic rings. The number of methoxy groups -OCH3 is 1. The summed E-state index contributed by atoms with van der Waals surface area (Å²) in [4.78, 5) is 0. The van der Waals surface area contributed by atoms with Gasteiger partial charge in [-0.2, -0.15) is 0 Å². The minimum absolute atomic E-state index is 0.255. The maximum atomic E-state index is 5.53. The van der Waals surface area contributed by atoms with E-state index in [1.165, 1.54) is 30.4 Å². The molecule has 0 aliphatic heterocycles. The predicted octanol–water partition coefficient (Wildman–Crippen LogP) is 3.03. The Morgan fingerprint density at radius 1 is 1.41 bits per heavy atom. The Kier molecular flexibility index (Phi) is 3.43. The Balaban J connectivity index is 2.36. The molecule has 0 radical (unpaired) electrons. The lowest BCUT2D eigenvalue weighted by Gasteiger charge is -2.27. The zero-order valence-electron chi connectivity index (χ0n) is 11.3. The molecule has 0 heterocycles. The van der Waals surface area contributed by atoms with Crippen LogP contribution in [0.25, 0.3) is 0 Å². The van der Waals surface area contributed by atoms with Gasteiger partial charge in [0.05, 0.1) is 7.11 Å². The standard InChI is InChI=1S/C15H23NO/c1-11-5-6-14(17-4)13(9-11)15(2)8-7-12(10-15)16-3/h5-6,9,12,16H,7-8,10H2,1-4H3. The first-order valence-corrected chi connectivity index (χ1v) is 6.41. The molecule has 0 bridgehead atoms. The lowest BCUT2D eigenvalue weighted by Crippen LogP contribution is -2.26. The number of ether oxygens (including phenoxy) is 1. The maximum Gasteiger partial charge on any atom is 0.122 e. The first-order chi connectivity index (χ1) is 8.09. The molecule has 0 aromatic heterocycles. The summed E-state index contributed by atoms with van der Waals surface area (Å²) in [6.45, 7) is 4.51. The van der Waals surface area contributed by atoms with Gasteiger partial charge in [0.1, 0.15) is 5.75 Å². The molecule has 17 heavy (non-hydrogen) atoms. The Morgan fingerprint density at radius 2 is 2.18 bits per heavy atom. The molecule has 0 amide bonds. The monoisotopic (exact) mass is 233 g/mol. The van der Waals surface area contributed by atoms with E-state index in [1.54, 1.807) is 7.11 Å². The van der Waals surface area contributed by atoms with Crippen LogP contribution in [0.1, 0.15) is 37.3 Å². The van der Waals surface area contributed by atoms with Gasteiger partial charge in [0.2, 0.25) is 0 Å². The van der Waals surface area contributed by atoms with Crippen LogP contribution in [0.2, 0.25) is 0 Å². The summed E-state index contributed by atoms with van der Waals surface area (Å²) in [7, 11) is 3.83. The molecule has 2 unspecified atom stereocenters. The number of aryl methyl sites for hydroxylation is 1. The summed E-state index contributed by atoms with van der Waals surface area (Å²) >= 11 is 0. The van der Waals surface area contributed by atoms with Crippen molar-refractivity contribution in [3.63, 3.8) is 0 Å². The Labute approximate surface area is 104 Å². The molecule has 2 nitrogen and oxygen atoms in total. The lowest BCUT2D eigenvalue weighted by atomic mass is 9.79. The molecule has 2 heteroatoms. The minimum atomic E-state index is 0.255. The van der Waals surface area contributed by atoms with Gasteiger partial charge in [0.25, 0.3) is 0 Å². The van der Waals surface area contributed by atoms with E-state index in [2.05, 4.69) is 44.4 Å². The zero-order chi connectivity index (χ0) is 12.5. The maximum absolute atomic E-state index is 5.53. The fraction of sp³-hybridized carbons (Fsp3) is 0.600. The average Bonchev–Trinajstić information content (AvgIpc) is 2.72. The molecule has 0 spiro atoms. The molecule has 0 saturated heterocycles. The van der Waals surface area contributed by atoms with Crippen molar-refractivity contribution in [1.82, 2.24) is 5.32 Å². The number of hydrogen-bond acceptors (Lipinski definition) is 2. The van der Waals surface area contributed by atoms with Crippen LogP contribution in [0.3, 0.4) is 0 Å². The second-order valence-electron chi connectivity index (χ2n) is 5.49. The molecule has 1 fully saturated rings. The Hall–Kier alpha value is -1.02. The fourth-order valence-corrected chi connectivity index (χ4v) is 3.03. The SMILES string of the molecule is CNC1CCC(C)(c2cc(C)ccc2OC)C1. The van der Waals surface area contributed by atoms with Gasteiger partial charge in [0, 0.05) is 11.6 Å². The van der Waals surface area contributed by atoms with Gasteiger partial charge >= 0.3 is 0 Å². The first-order valence-electron chi connectivity index (χ1n) is 6.41. The van der Waals surface area contributed by atoms with Gasteiger partial charge in [-0.15, -0.1) is 0 Å². The van der Waals surface area contributed by atoms with Crippen molar-refractivity contribution >= 4 is 0 Å². The highest BCUT2D eigenvalue weighted by molar-refractivity contribution is 5.42. The summed E-state index contributed by atoms with van der Waals surface area (Å²) in [5.74, 6) is 1.04. The van der Waals surface area contributed by atoms with Crippen LogP contribution in [0.4, 0.5) is 0 Å². The van der Waals surface area contributed by atoms with E-state index in [0.29, 0.717) is 6.04 Å². The first kappa shape index (κ1) is 12.4. The molecular weight excluding hydrogens is 210 g/mol. The van der Waals surface area contributed by atoms with Crippen LogP contribution in [-0.4, -0.2) is 20.2 Å². The van der Waals surface area contributed by atoms with Gasteiger partial charge in [-0.1, -0.05) is 24.6 Å². The fourth-order valence-electron chi connectivity index (χ4n) is 3.03. The largest absolute Gasteiger partial charge is 0.496 e. The van der Waals surface area contributed by atoms with Crippen LogP contribution >= 0.6 is 0 Å². The smallest absolute Gasteiger partial charge is 0.122 e. The predicted molar refractivity (Wildman–Crippen MR) is 71.8 cm³/mol. The quantitative estimate of drug-likeness (QED) is 0.866. The number of hydrogen-bond donors (Lipinski definition) is 1. The van der Waals surface area contributed by atoms with Crippen molar-refractivity contribution < 1.29 is 4.74 Å². The van der Waals surface area contributed by atoms with E-state index in [0.717, 1.165) is 5.75 Å². The average molecular weight is 233 g/mol. The van der Waals surface area contributed by atoms with Crippen molar-refractivity contribution in [2.45, 2.75) is 44.6 Å². The summed E-state index contributed by atoms with van der Waals surface area (Å²) in [5, 5.41) is 3.40. The molecule has 1 saturated carbocycles. The van der Waals surface area contributed by atoms with Crippen molar-refractivity contribution in [2.24, 2.45) is 0 Å². The number of nitrogens with one attached hydrogen (secondary N) is 1. The highest BCUT2D eigenvalue weighted by atomic mass is 16.5. The van der Waals surface area contributed by atoms with Crippen LogP contribution in [0.15, 0.2) is 18.2 Å². The van der Waals surface area contributed by atoms with Crippen molar-refractivity contribution in [2.75, 3.05) is 14.2 Å². The van der Waals surface area contributed by atoms with Crippen LogP contribution < -0.4 is 10.1 Å². The summed E-state index contributed by atoms with van der Waals surface area (Å²) < 4.78 is 5.53. The van der Waals surface area contributed by atoms with Gasteiger partial charge in [-0.05, 0) is 44.7 Å². The lowest BCUT2D eigenvalue weighted by molar-refractivity contribution is 0.383. The number of rotatable bonds is 3. The highest BCUT2D eigenvalue weighted by Gasteiger charge is 2.37. The topological polar surface area (TPSA) is 21.3 Å². The minimum Gasteiger partial charge on any atom is -0.496 e. The van der Waals surface area contributed by atoms with Crippen LogP contribution in [0.5, 0.6) is 5.75 Å². The van der Waals surface area contributed by atoms with Gasteiger partial charge in [0.15, 0.2) is 0 Å². The summed E-state index contributed by atoms with van der Waals surface area (Å²) in [5.41, 5.74) is 2.94. The van der Waals surface area contributed by atoms with Crippen LogP contribution in [-0.2, 0) is 5.41 Å². The third-order valence-corrected chi connectivity index (χ3v) is 4.15.